The van der Waals surface area contributed by atoms with Crippen LogP contribution in [0.2, 0.25) is 5.02 Å². The van der Waals surface area contributed by atoms with Crippen LogP contribution in [0.5, 0.6) is 0 Å². The number of nitrogens with zero attached hydrogens (tertiary/aromatic N) is 2. The third-order valence-corrected chi connectivity index (χ3v) is 3.73. The van der Waals surface area contributed by atoms with Crippen LogP contribution in [-0.4, -0.2) is 9.55 Å². The number of nitrogens with two attached hydrogens (primary N) is 1. The average Bonchev–Trinajstić information content (AvgIpc) is 2.68. The Morgan fingerprint density at radius 3 is 2.84 bits per heavy atom. The maximum absolute atomic E-state index is 6.16. The second kappa shape index (κ2) is 5.68. The summed E-state index contributed by atoms with van der Waals surface area (Å²) >= 11 is 9.43. The predicted molar refractivity (Wildman–Crippen MR) is 83.0 cm³/mol. The Labute approximate surface area is 125 Å². The Hall–Kier alpha value is -1.44. The van der Waals surface area contributed by atoms with E-state index in [0.717, 1.165) is 28.0 Å². The average molecular weight is 339 g/mol. The summed E-state index contributed by atoms with van der Waals surface area (Å²) in [5, 5.41) is 0.660. The van der Waals surface area contributed by atoms with Gasteiger partial charge in [-0.1, -0.05) is 46.4 Å². The number of aryl methyl sites for hydroxylation is 1. The number of anilines is 1. The van der Waals surface area contributed by atoms with Gasteiger partial charge in [-0.15, -0.1) is 6.42 Å². The molecule has 0 saturated carbocycles. The highest BCUT2D eigenvalue weighted by atomic mass is 79.9. The van der Waals surface area contributed by atoms with Gasteiger partial charge in [0.25, 0.3) is 0 Å². The molecule has 0 atom stereocenters. The van der Waals surface area contributed by atoms with Crippen molar-refractivity contribution in [2.75, 3.05) is 5.73 Å². The molecule has 0 saturated heterocycles. The molecular weight excluding hydrogens is 326 g/mol. The molecule has 5 heteroatoms. The molecule has 0 aliphatic rings. The zero-order chi connectivity index (χ0) is 14.0. The quantitative estimate of drug-likeness (QED) is 0.866. The second-order valence-corrected chi connectivity index (χ2v) is 5.32. The largest absolute Gasteiger partial charge is 0.383 e. The van der Waals surface area contributed by atoms with Crippen LogP contribution in [0.4, 0.5) is 5.82 Å². The summed E-state index contributed by atoms with van der Waals surface area (Å²) in [6, 6.07) is 5.53. The van der Waals surface area contributed by atoms with Gasteiger partial charge in [0.15, 0.2) is 0 Å². The zero-order valence-electron chi connectivity index (χ0n) is 10.5. The number of hydrogen-bond acceptors (Lipinski definition) is 2. The van der Waals surface area contributed by atoms with Crippen LogP contribution < -0.4 is 5.73 Å². The Bertz CT molecular complexity index is 655. The summed E-state index contributed by atoms with van der Waals surface area (Å²) in [6.45, 7) is 2.45. The molecule has 0 bridgehead atoms. The second-order valence-electron chi connectivity index (χ2n) is 4.03. The Morgan fingerprint density at radius 2 is 2.26 bits per heavy atom. The van der Waals surface area contributed by atoms with Crippen molar-refractivity contribution in [1.82, 2.24) is 9.55 Å². The van der Waals surface area contributed by atoms with Gasteiger partial charge in [-0.3, -0.25) is 0 Å². The van der Waals surface area contributed by atoms with Gasteiger partial charge >= 0.3 is 0 Å². The van der Waals surface area contributed by atoms with E-state index in [2.05, 4.69) is 26.8 Å². The lowest BCUT2D eigenvalue weighted by Gasteiger charge is -2.05. The van der Waals surface area contributed by atoms with Crippen LogP contribution in [0, 0.1) is 12.3 Å². The minimum absolute atomic E-state index is 0.424. The van der Waals surface area contributed by atoms with Crippen LogP contribution in [-0.2, 0) is 13.0 Å². The van der Waals surface area contributed by atoms with E-state index >= 15 is 0 Å². The number of benzene rings is 1. The number of nitrogen functional groups attached to an aromatic ring is 1. The van der Waals surface area contributed by atoms with Gasteiger partial charge in [0, 0.05) is 21.5 Å². The van der Waals surface area contributed by atoms with Crippen molar-refractivity contribution in [1.29, 1.82) is 0 Å². The van der Waals surface area contributed by atoms with Crippen molar-refractivity contribution < 1.29 is 0 Å². The van der Waals surface area contributed by atoms with Crippen molar-refractivity contribution >= 4 is 33.3 Å². The van der Waals surface area contributed by atoms with E-state index in [0.29, 0.717) is 17.4 Å². The molecule has 1 heterocycles. The number of terminal acetylenes is 1. The summed E-state index contributed by atoms with van der Waals surface area (Å²) in [7, 11) is 0. The molecule has 98 valence electrons. The van der Waals surface area contributed by atoms with Gasteiger partial charge in [-0.25, -0.2) is 4.98 Å². The predicted octanol–water partition coefficient (Wildman–Crippen LogP) is 3.74. The van der Waals surface area contributed by atoms with E-state index in [1.807, 2.05) is 29.7 Å². The lowest BCUT2D eigenvalue weighted by molar-refractivity contribution is 0.769. The number of imidazole rings is 1. The molecule has 0 spiro atoms. The minimum Gasteiger partial charge on any atom is -0.383 e. The van der Waals surface area contributed by atoms with Gasteiger partial charge in [-0.2, -0.15) is 0 Å². The van der Waals surface area contributed by atoms with E-state index in [9.17, 15) is 0 Å². The number of halogens is 2. The lowest BCUT2D eigenvalue weighted by Crippen LogP contribution is -2.05. The number of rotatable bonds is 3. The molecule has 0 unspecified atom stereocenters. The van der Waals surface area contributed by atoms with Crippen LogP contribution in [0.15, 0.2) is 22.7 Å². The van der Waals surface area contributed by atoms with E-state index in [-0.39, 0.29) is 0 Å². The first-order valence-corrected chi connectivity index (χ1v) is 6.99. The molecule has 19 heavy (non-hydrogen) atoms. The first-order valence-electron chi connectivity index (χ1n) is 5.82. The first-order chi connectivity index (χ1) is 9.08. The van der Waals surface area contributed by atoms with Gasteiger partial charge in [0.1, 0.15) is 17.3 Å². The summed E-state index contributed by atoms with van der Waals surface area (Å²) in [4.78, 5) is 4.58. The van der Waals surface area contributed by atoms with Crippen molar-refractivity contribution in [3.63, 3.8) is 0 Å². The highest BCUT2D eigenvalue weighted by molar-refractivity contribution is 9.10. The normalized spacial score (nSPS) is 10.4. The van der Waals surface area contributed by atoms with Gasteiger partial charge in [0.2, 0.25) is 0 Å². The van der Waals surface area contributed by atoms with Crippen LogP contribution in [0.3, 0.4) is 0 Å². The number of hydrogen-bond donors (Lipinski definition) is 1. The van der Waals surface area contributed by atoms with Gasteiger partial charge < -0.3 is 10.3 Å². The molecule has 0 radical (unpaired) electrons. The van der Waals surface area contributed by atoms with Crippen LogP contribution in [0.1, 0.15) is 12.7 Å². The molecule has 0 aliphatic carbocycles. The van der Waals surface area contributed by atoms with E-state index in [1.165, 1.54) is 0 Å². The molecule has 0 fully saturated rings. The fraction of sp³-hybridized carbons (Fsp3) is 0.214. The fourth-order valence-corrected chi connectivity index (χ4v) is 2.80. The van der Waals surface area contributed by atoms with E-state index in [1.54, 1.807) is 0 Å². The maximum Gasteiger partial charge on any atom is 0.132 e. The first kappa shape index (κ1) is 14.0. The van der Waals surface area contributed by atoms with Crippen molar-refractivity contribution in [3.8, 4) is 23.6 Å². The topological polar surface area (TPSA) is 43.8 Å². The Kier molecular flexibility index (Phi) is 4.18. The van der Waals surface area contributed by atoms with E-state index in [4.69, 9.17) is 23.8 Å². The summed E-state index contributed by atoms with van der Waals surface area (Å²) < 4.78 is 2.72. The molecule has 0 amide bonds. The summed E-state index contributed by atoms with van der Waals surface area (Å²) in [5.41, 5.74) is 7.80. The Morgan fingerprint density at radius 1 is 1.53 bits per heavy atom. The fourth-order valence-electron chi connectivity index (χ4n) is 1.93. The molecule has 2 rings (SSSR count). The highest BCUT2D eigenvalue weighted by Gasteiger charge is 2.16. The third kappa shape index (κ3) is 2.63. The van der Waals surface area contributed by atoms with Crippen molar-refractivity contribution in [2.45, 2.75) is 19.9 Å². The maximum atomic E-state index is 6.16. The molecule has 1 aromatic carbocycles. The Balaban J connectivity index is 2.60. The third-order valence-electron chi connectivity index (χ3n) is 2.84. The van der Waals surface area contributed by atoms with Crippen molar-refractivity contribution in [2.24, 2.45) is 0 Å². The lowest BCUT2D eigenvalue weighted by atomic mass is 10.1. The molecule has 2 aromatic rings. The molecule has 0 aliphatic heterocycles. The smallest absolute Gasteiger partial charge is 0.132 e. The van der Waals surface area contributed by atoms with Crippen LogP contribution >= 0.6 is 27.5 Å². The van der Waals surface area contributed by atoms with E-state index < -0.39 is 0 Å². The molecular formula is C14H13BrClN3. The molecule has 1 aromatic heterocycles. The molecule has 2 N–H and O–H groups in total. The number of aromatic nitrogens is 2. The van der Waals surface area contributed by atoms with Crippen molar-refractivity contribution in [3.05, 3.63) is 33.5 Å². The minimum atomic E-state index is 0.424. The highest BCUT2D eigenvalue weighted by Crippen LogP contribution is 2.34. The monoisotopic (exact) mass is 337 g/mol. The zero-order valence-corrected chi connectivity index (χ0v) is 12.8. The van der Waals surface area contributed by atoms with Gasteiger partial charge in [0.05, 0.1) is 6.54 Å². The SMILES string of the molecule is C#CCn1c(CC)nc(-c2ccc(Cl)cc2Br)c1N. The summed E-state index contributed by atoms with van der Waals surface area (Å²) in [6.07, 6.45) is 6.14. The van der Waals surface area contributed by atoms with Crippen LogP contribution in [0.25, 0.3) is 11.3 Å². The summed E-state index contributed by atoms with van der Waals surface area (Å²) in [5.74, 6) is 4.06. The van der Waals surface area contributed by atoms with Gasteiger partial charge in [-0.05, 0) is 12.1 Å². The molecule has 3 nitrogen and oxygen atoms in total. The standard InChI is InChI=1S/C14H13BrClN3/c1-3-7-19-12(4-2)18-13(14(19)17)10-6-5-9(16)8-11(10)15/h1,5-6,8H,4,7,17H2,2H3.